The summed E-state index contributed by atoms with van der Waals surface area (Å²) in [6.07, 6.45) is 2.00. The van der Waals surface area contributed by atoms with Gasteiger partial charge in [0.25, 0.3) is 0 Å². The molecule has 2 unspecified atom stereocenters. The number of guanidine groups is 1. The number of nitrogens with one attached hydrogen (secondary N) is 3. The van der Waals surface area contributed by atoms with Crippen LogP contribution in [0.3, 0.4) is 0 Å². The number of thiophene rings is 1. The van der Waals surface area contributed by atoms with Crippen LogP contribution in [0, 0.1) is 5.92 Å². The number of likely N-dealkylation sites (tertiary alicyclic amines) is 1. The summed E-state index contributed by atoms with van der Waals surface area (Å²) in [5.41, 5.74) is -0.486. The molecule has 1 amide bonds. The van der Waals surface area contributed by atoms with Crippen molar-refractivity contribution in [1.82, 2.24) is 20.9 Å². The number of piperidine rings is 1. The molecule has 0 bridgehead atoms. The van der Waals surface area contributed by atoms with Gasteiger partial charge in [0, 0.05) is 37.1 Å². The predicted octanol–water partition coefficient (Wildman–Crippen LogP) is 3.83. The molecular weight excluding hydrogens is 513 g/mol. The van der Waals surface area contributed by atoms with E-state index in [0.717, 1.165) is 25.6 Å². The Morgan fingerprint density at radius 3 is 2.67 bits per heavy atom. The van der Waals surface area contributed by atoms with Crippen LogP contribution in [0.15, 0.2) is 22.5 Å². The quantitative estimate of drug-likeness (QED) is 0.208. The van der Waals surface area contributed by atoms with Crippen molar-refractivity contribution in [2.24, 2.45) is 10.9 Å². The number of carbonyl (C=O) groups excluding carboxylic acids is 1. The van der Waals surface area contributed by atoms with Crippen molar-refractivity contribution in [3.63, 3.8) is 0 Å². The molecule has 172 valence electrons. The standard InChI is InChI=1S/C21H37N5O2S.HI/c1-6-22-19(23-11-12-24-20(27)28-21(2,3)4)25-15-16-9-7-13-26(5)18(16)17-10-8-14-29-17;/h8,10,14,16,18H,6-7,9,11-13,15H2,1-5H3,(H,24,27)(H2,22,23,25);1H. The lowest BCUT2D eigenvalue weighted by atomic mass is 9.88. The molecule has 2 rings (SSSR count). The summed E-state index contributed by atoms with van der Waals surface area (Å²) >= 11 is 1.83. The van der Waals surface area contributed by atoms with Crippen LogP contribution in [-0.2, 0) is 4.74 Å². The molecular formula is C21H38IN5O2S. The van der Waals surface area contributed by atoms with Crippen LogP contribution in [-0.4, -0.2) is 62.3 Å². The first-order valence-electron chi connectivity index (χ1n) is 10.5. The minimum atomic E-state index is -0.486. The van der Waals surface area contributed by atoms with Gasteiger partial charge in [-0.3, -0.25) is 9.89 Å². The Labute approximate surface area is 202 Å². The molecule has 1 aliphatic heterocycles. The second-order valence-corrected chi connectivity index (χ2v) is 9.40. The maximum absolute atomic E-state index is 11.7. The SMILES string of the molecule is CCNC(=NCC1CCCN(C)C1c1cccs1)NCCNC(=O)OC(C)(C)C.I. The van der Waals surface area contributed by atoms with Crippen molar-refractivity contribution < 1.29 is 9.53 Å². The zero-order chi connectivity index (χ0) is 21.3. The second-order valence-electron chi connectivity index (χ2n) is 8.42. The number of amides is 1. The van der Waals surface area contributed by atoms with Crippen LogP contribution >= 0.6 is 35.3 Å². The monoisotopic (exact) mass is 551 g/mol. The number of aliphatic imine (C=N–C) groups is 1. The molecule has 0 aliphatic carbocycles. The highest BCUT2D eigenvalue weighted by Crippen LogP contribution is 2.37. The van der Waals surface area contributed by atoms with E-state index in [1.54, 1.807) is 0 Å². The number of alkyl carbamates (subject to hydrolysis) is 1. The summed E-state index contributed by atoms with van der Waals surface area (Å²) in [4.78, 5) is 20.4. The van der Waals surface area contributed by atoms with E-state index >= 15 is 0 Å². The van der Waals surface area contributed by atoms with Crippen LogP contribution in [0.4, 0.5) is 4.79 Å². The summed E-state index contributed by atoms with van der Waals surface area (Å²) in [6, 6.07) is 4.80. The number of rotatable bonds is 7. The first kappa shape index (κ1) is 27.0. The smallest absolute Gasteiger partial charge is 0.407 e. The summed E-state index contributed by atoms with van der Waals surface area (Å²) in [5, 5.41) is 11.5. The molecule has 30 heavy (non-hydrogen) atoms. The van der Waals surface area contributed by atoms with Crippen molar-refractivity contribution in [3.05, 3.63) is 22.4 Å². The van der Waals surface area contributed by atoms with Crippen LogP contribution in [0.2, 0.25) is 0 Å². The number of halogens is 1. The summed E-state index contributed by atoms with van der Waals surface area (Å²) in [6.45, 7) is 11.4. The molecule has 7 nitrogen and oxygen atoms in total. The summed E-state index contributed by atoms with van der Waals surface area (Å²) in [5.74, 6) is 1.29. The molecule has 0 radical (unpaired) electrons. The molecule has 1 aromatic rings. The molecule has 1 fully saturated rings. The largest absolute Gasteiger partial charge is 0.444 e. The van der Waals surface area contributed by atoms with Crippen LogP contribution in [0.5, 0.6) is 0 Å². The molecule has 1 aromatic heterocycles. The average molecular weight is 552 g/mol. The number of hydrogen-bond acceptors (Lipinski definition) is 5. The summed E-state index contributed by atoms with van der Waals surface area (Å²) in [7, 11) is 2.21. The van der Waals surface area contributed by atoms with Crippen LogP contribution in [0.25, 0.3) is 0 Å². The number of carbonyl (C=O) groups is 1. The van der Waals surface area contributed by atoms with Gasteiger partial charge in [-0.05, 0) is 71.5 Å². The second kappa shape index (κ2) is 13.4. The van der Waals surface area contributed by atoms with E-state index in [2.05, 4.69) is 52.3 Å². The van der Waals surface area contributed by atoms with E-state index in [9.17, 15) is 4.79 Å². The Bertz CT molecular complexity index is 648. The van der Waals surface area contributed by atoms with Crippen molar-refractivity contribution in [1.29, 1.82) is 0 Å². The van der Waals surface area contributed by atoms with Crippen molar-refractivity contribution in [2.75, 3.05) is 39.8 Å². The highest BCUT2D eigenvalue weighted by molar-refractivity contribution is 14.0. The fourth-order valence-corrected chi connectivity index (χ4v) is 4.55. The van der Waals surface area contributed by atoms with E-state index < -0.39 is 11.7 Å². The minimum Gasteiger partial charge on any atom is -0.444 e. The zero-order valence-electron chi connectivity index (χ0n) is 18.9. The molecule has 2 heterocycles. The first-order valence-corrected chi connectivity index (χ1v) is 11.4. The van der Waals surface area contributed by atoms with Crippen molar-refractivity contribution in [3.8, 4) is 0 Å². The Balaban J connectivity index is 0.00000450. The Hall–Kier alpha value is -1.07. The molecule has 2 atom stereocenters. The van der Waals surface area contributed by atoms with Crippen molar-refractivity contribution >= 4 is 47.4 Å². The normalized spacial score (nSPS) is 20.2. The maximum atomic E-state index is 11.7. The molecule has 3 N–H and O–H groups in total. The lowest BCUT2D eigenvalue weighted by molar-refractivity contribution is 0.0529. The highest BCUT2D eigenvalue weighted by atomic mass is 127. The van der Waals surface area contributed by atoms with E-state index in [1.165, 1.54) is 17.7 Å². The molecule has 9 heteroatoms. The van der Waals surface area contributed by atoms with Gasteiger partial charge in [-0.1, -0.05) is 6.07 Å². The van der Waals surface area contributed by atoms with Gasteiger partial charge in [0.15, 0.2) is 5.96 Å². The minimum absolute atomic E-state index is 0. The maximum Gasteiger partial charge on any atom is 0.407 e. The van der Waals surface area contributed by atoms with Gasteiger partial charge < -0.3 is 20.7 Å². The number of nitrogens with zero attached hydrogens (tertiary/aromatic N) is 2. The van der Waals surface area contributed by atoms with Crippen LogP contribution < -0.4 is 16.0 Å². The van der Waals surface area contributed by atoms with E-state index in [1.807, 2.05) is 32.1 Å². The third-order valence-electron chi connectivity index (χ3n) is 4.76. The third-order valence-corrected chi connectivity index (χ3v) is 5.70. The third kappa shape index (κ3) is 9.38. The van der Waals surface area contributed by atoms with Gasteiger partial charge in [0.2, 0.25) is 0 Å². The number of hydrogen-bond donors (Lipinski definition) is 3. The zero-order valence-corrected chi connectivity index (χ0v) is 22.0. The Morgan fingerprint density at radius 2 is 2.03 bits per heavy atom. The van der Waals surface area contributed by atoms with Gasteiger partial charge in [-0.2, -0.15) is 0 Å². The van der Waals surface area contributed by atoms with Gasteiger partial charge >= 0.3 is 6.09 Å². The lowest BCUT2D eigenvalue weighted by Gasteiger charge is -2.38. The predicted molar refractivity (Wildman–Crippen MR) is 136 cm³/mol. The first-order chi connectivity index (χ1) is 13.8. The van der Waals surface area contributed by atoms with Crippen molar-refractivity contribution in [2.45, 2.75) is 52.2 Å². The molecule has 1 aliphatic rings. The molecule has 0 spiro atoms. The van der Waals surface area contributed by atoms with Gasteiger partial charge in [-0.15, -0.1) is 35.3 Å². The molecule has 0 saturated carbocycles. The van der Waals surface area contributed by atoms with E-state index in [0.29, 0.717) is 25.0 Å². The highest BCUT2D eigenvalue weighted by Gasteiger charge is 2.31. The fourth-order valence-electron chi connectivity index (χ4n) is 3.57. The van der Waals surface area contributed by atoms with Gasteiger partial charge in [0.05, 0.1) is 0 Å². The number of ether oxygens (including phenoxy) is 1. The van der Waals surface area contributed by atoms with Gasteiger partial charge in [0.1, 0.15) is 5.60 Å². The topological polar surface area (TPSA) is 78.0 Å². The fraction of sp³-hybridized carbons (Fsp3) is 0.714. The van der Waals surface area contributed by atoms with Crippen LogP contribution in [0.1, 0.15) is 51.5 Å². The molecule has 0 aromatic carbocycles. The molecule has 1 saturated heterocycles. The Morgan fingerprint density at radius 1 is 1.30 bits per heavy atom. The summed E-state index contributed by atoms with van der Waals surface area (Å²) < 4.78 is 5.25. The van der Waals surface area contributed by atoms with E-state index in [4.69, 9.17) is 9.73 Å². The lowest BCUT2D eigenvalue weighted by Crippen LogP contribution is -2.43. The van der Waals surface area contributed by atoms with Gasteiger partial charge in [-0.25, -0.2) is 4.79 Å². The van der Waals surface area contributed by atoms with E-state index in [-0.39, 0.29) is 24.0 Å². The Kier molecular flexibility index (Phi) is 12.0. The average Bonchev–Trinajstić information content (AvgIpc) is 3.15.